The number of fused-ring (bicyclic) bond motifs is 3. The van der Waals surface area contributed by atoms with E-state index in [-0.39, 0.29) is 34.5 Å². The average Bonchev–Trinajstić information content (AvgIpc) is 3.00. The van der Waals surface area contributed by atoms with Gasteiger partial charge in [0.1, 0.15) is 0 Å². The summed E-state index contributed by atoms with van der Waals surface area (Å²) in [5, 5.41) is 7.34. The minimum absolute atomic E-state index is 0.203. The number of benzene rings is 5. The highest BCUT2D eigenvalue weighted by molar-refractivity contribution is 8.00. The van der Waals surface area contributed by atoms with Crippen molar-refractivity contribution in [3.63, 3.8) is 0 Å². The monoisotopic (exact) mass is 556 g/mol. The molecule has 0 radical (unpaired) electrons. The molecule has 41 heavy (non-hydrogen) atoms. The van der Waals surface area contributed by atoms with Crippen LogP contribution in [0.3, 0.4) is 0 Å². The highest BCUT2D eigenvalue weighted by atomic mass is 32.2. The molecule has 0 aromatic heterocycles. The molecule has 2 N–H and O–H groups in total. The molecular weight excluding hydrogens is 532 g/mol. The maximum absolute atomic E-state index is 13.2. The van der Waals surface area contributed by atoms with Crippen molar-refractivity contribution >= 4 is 57.3 Å². The number of anilines is 2. The SMILES string of the molecule is CC(Sc1ccc(NC(=O)c2ccc3ccccc3c2)cc1)C(=O)Nc1cccc2c1C(=O)c1ccccc1C2=O. The second kappa shape index (κ2) is 10.9. The highest BCUT2D eigenvalue weighted by Crippen LogP contribution is 2.33. The summed E-state index contributed by atoms with van der Waals surface area (Å²) in [4.78, 5) is 53.0. The van der Waals surface area contributed by atoms with Gasteiger partial charge in [-0.3, -0.25) is 19.2 Å². The van der Waals surface area contributed by atoms with Crippen LogP contribution in [0.25, 0.3) is 10.8 Å². The molecule has 200 valence electrons. The van der Waals surface area contributed by atoms with E-state index < -0.39 is 5.25 Å². The summed E-state index contributed by atoms with van der Waals surface area (Å²) in [5.41, 5.74) is 2.74. The molecule has 0 aliphatic heterocycles. The summed E-state index contributed by atoms with van der Waals surface area (Å²) >= 11 is 1.35. The van der Waals surface area contributed by atoms with Crippen molar-refractivity contribution in [2.45, 2.75) is 17.1 Å². The van der Waals surface area contributed by atoms with Crippen molar-refractivity contribution in [1.29, 1.82) is 0 Å². The van der Waals surface area contributed by atoms with Crippen LogP contribution >= 0.6 is 11.8 Å². The van der Waals surface area contributed by atoms with Gasteiger partial charge in [0.15, 0.2) is 11.6 Å². The van der Waals surface area contributed by atoms with E-state index in [1.165, 1.54) is 11.8 Å². The van der Waals surface area contributed by atoms with Crippen LogP contribution in [0.4, 0.5) is 11.4 Å². The van der Waals surface area contributed by atoms with E-state index in [0.29, 0.717) is 28.1 Å². The number of hydrogen-bond donors (Lipinski definition) is 2. The first-order chi connectivity index (χ1) is 19.9. The molecule has 0 heterocycles. The maximum Gasteiger partial charge on any atom is 0.255 e. The molecule has 0 fully saturated rings. The Labute approximate surface area is 240 Å². The first-order valence-electron chi connectivity index (χ1n) is 13.1. The molecule has 1 aliphatic carbocycles. The summed E-state index contributed by atoms with van der Waals surface area (Å²) in [5.74, 6) is -1.02. The van der Waals surface area contributed by atoms with E-state index >= 15 is 0 Å². The third-order valence-corrected chi connectivity index (χ3v) is 8.13. The lowest BCUT2D eigenvalue weighted by atomic mass is 9.83. The van der Waals surface area contributed by atoms with Crippen LogP contribution in [-0.4, -0.2) is 28.6 Å². The second-order valence-electron chi connectivity index (χ2n) is 9.72. The topological polar surface area (TPSA) is 92.3 Å². The van der Waals surface area contributed by atoms with Gasteiger partial charge in [0.05, 0.1) is 16.5 Å². The van der Waals surface area contributed by atoms with Crippen LogP contribution in [0.2, 0.25) is 0 Å². The van der Waals surface area contributed by atoms with E-state index in [1.807, 2.05) is 48.5 Å². The van der Waals surface area contributed by atoms with Gasteiger partial charge in [-0.2, -0.15) is 0 Å². The fourth-order valence-corrected chi connectivity index (χ4v) is 5.76. The lowest BCUT2D eigenvalue weighted by Crippen LogP contribution is -2.27. The Morgan fingerprint density at radius 3 is 2.07 bits per heavy atom. The Balaban J connectivity index is 1.11. The van der Waals surface area contributed by atoms with Gasteiger partial charge in [-0.15, -0.1) is 11.8 Å². The Bertz CT molecular complexity index is 1860. The molecule has 7 heteroatoms. The molecule has 6 rings (SSSR count). The van der Waals surface area contributed by atoms with Crippen LogP contribution in [0.5, 0.6) is 0 Å². The maximum atomic E-state index is 13.2. The van der Waals surface area contributed by atoms with Crippen LogP contribution in [0.1, 0.15) is 49.1 Å². The van der Waals surface area contributed by atoms with Gasteiger partial charge in [-0.25, -0.2) is 0 Å². The van der Waals surface area contributed by atoms with E-state index in [0.717, 1.165) is 15.7 Å². The van der Waals surface area contributed by atoms with Gasteiger partial charge in [-0.1, -0.05) is 66.7 Å². The third-order valence-electron chi connectivity index (χ3n) is 7.02. The standard InChI is InChI=1S/C34H24N2O4S/c1-20(33(39)36-29-12-6-11-28-30(29)32(38)27-10-5-4-9-26(27)31(28)37)41-25-17-15-24(16-18-25)35-34(40)23-14-13-21-7-2-3-8-22(21)19-23/h2-20H,1H3,(H,35,40)(H,36,39). The molecule has 0 saturated heterocycles. The van der Waals surface area contributed by atoms with Crippen molar-refractivity contribution in [3.05, 3.63) is 137 Å². The van der Waals surface area contributed by atoms with Crippen molar-refractivity contribution in [2.75, 3.05) is 10.6 Å². The van der Waals surface area contributed by atoms with Gasteiger partial charge < -0.3 is 10.6 Å². The average molecular weight is 557 g/mol. The summed E-state index contributed by atoms with van der Waals surface area (Å²) < 4.78 is 0. The number of thioether (sulfide) groups is 1. The zero-order chi connectivity index (χ0) is 28.5. The smallest absolute Gasteiger partial charge is 0.255 e. The first kappa shape index (κ1) is 26.2. The zero-order valence-corrected chi connectivity index (χ0v) is 22.8. The summed E-state index contributed by atoms with van der Waals surface area (Å²) in [6.07, 6.45) is 0. The number of hydrogen-bond acceptors (Lipinski definition) is 5. The number of carbonyl (C=O) groups excluding carboxylic acids is 4. The molecule has 1 unspecified atom stereocenters. The van der Waals surface area contributed by atoms with Crippen molar-refractivity contribution in [2.24, 2.45) is 0 Å². The number of nitrogens with one attached hydrogen (secondary N) is 2. The molecular formula is C34H24N2O4S. The Morgan fingerprint density at radius 2 is 1.32 bits per heavy atom. The molecule has 5 aromatic rings. The predicted octanol–water partition coefficient (Wildman–Crippen LogP) is 6.99. The number of carbonyl (C=O) groups is 4. The van der Waals surface area contributed by atoms with Crippen LogP contribution < -0.4 is 10.6 Å². The van der Waals surface area contributed by atoms with Crippen LogP contribution in [-0.2, 0) is 4.79 Å². The Kier molecular flexibility index (Phi) is 6.95. The van der Waals surface area contributed by atoms with Gasteiger partial charge in [0, 0.05) is 32.8 Å². The number of amides is 2. The zero-order valence-electron chi connectivity index (χ0n) is 22.0. The molecule has 5 aromatic carbocycles. The molecule has 6 nitrogen and oxygen atoms in total. The van der Waals surface area contributed by atoms with Crippen molar-refractivity contribution in [1.82, 2.24) is 0 Å². The lowest BCUT2D eigenvalue weighted by molar-refractivity contribution is -0.115. The quantitative estimate of drug-likeness (QED) is 0.216. The van der Waals surface area contributed by atoms with Crippen LogP contribution in [0.15, 0.2) is 114 Å². The largest absolute Gasteiger partial charge is 0.324 e. The first-order valence-corrected chi connectivity index (χ1v) is 14.0. The predicted molar refractivity (Wildman–Crippen MR) is 162 cm³/mol. The third kappa shape index (κ3) is 5.15. The second-order valence-corrected chi connectivity index (χ2v) is 11.1. The minimum atomic E-state index is -0.495. The lowest BCUT2D eigenvalue weighted by Gasteiger charge is -2.21. The fourth-order valence-electron chi connectivity index (χ4n) is 4.89. The minimum Gasteiger partial charge on any atom is -0.324 e. The van der Waals surface area contributed by atoms with Gasteiger partial charge in [-0.05, 0) is 60.2 Å². The molecule has 1 aliphatic rings. The molecule has 2 amide bonds. The molecule has 1 atom stereocenters. The van der Waals surface area contributed by atoms with Crippen molar-refractivity contribution in [3.8, 4) is 0 Å². The van der Waals surface area contributed by atoms with E-state index in [4.69, 9.17) is 0 Å². The molecule has 0 spiro atoms. The van der Waals surface area contributed by atoms with E-state index in [2.05, 4.69) is 10.6 Å². The fraction of sp³-hybridized carbons (Fsp3) is 0.0588. The molecule has 0 bridgehead atoms. The van der Waals surface area contributed by atoms with E-state index in [1.54, 1.807) is 67.6 Å². The van der Waals surface area contributed by atoms with Gasteiger partial charge in [0.25, 0.3) is 5.91 Å². The normalized spacial score (nSPS) is 12.8. The Hall–Kier alpha value is -5.01. The van der Waals surface area contributed by atoms with Gasteiger partial charge >= 0.3 is 0 Å². The van der Waals surface area contributed by atoms with Crippen molar-refractivity contribution < 1.29 is 19.2 Å². The molecule has 0 saturated carbocycles. The van der Waals surface area contributed by atoms with Crippen LogP contribution in [0, 0.1) is 0 Å². The summed E-state index contributed by atoms with van der Waals surface area (Å²) in [6.45, 7) is 1.77. The Morgan fingerprint density at radius 1 is 0.659 bits per heavy atom. The number of rotatable bonds is 6. The summed E-state index contributed by atoms with van der Waals surface area (Å²) in [7, 11) is 0. The number of ketones is 2. The van der Waals surface area contributed by atoms with E-state index in [9.17, 15) is 19.2 Å². The van der Waals surface area contributed by atoms with Gasteiger partial charge in [0.2, 0.25) is 5.91 Å². The highest BCUT2D eigenvalue weighted by Gasteiger charge is 2.32. The summed E-state index contributed by atoms with van der Waals surface area (Å²) in [6, 6.07) is 32.4.